The number of phenolic OH excluding ortho intramolecular Hbond substituents is 1. The van der Waals surface area contributed by atoms with Crippen LogP contribution >= 0.6 is 0 Å². The van der Waals surface area contributed by atoms with Crippen molar-refractivity contribution in [3.63, 3.8) is 0 Å². The van der Waals surface area contributed by atoms with Gasteiger partial charge in [-0.2, -0.15) is 0 Å². The summed E-state index contributed by atoms with van der Waals surface area (Å²) >= 11 is 0. The van der Waals surface area contributed by atoms with Gasteiger partial charge in [-0.15, -0.1) is 0 Å². The molecule has 98 valence electrons. The van der Waals surface area contributed by atoms with Crippen LogP contribution < -0.4 is 0 Å². The first-order valence-corrected chi connectivity index (χ1v) is 7.33. The smallest absolute Gasteiger partial charge is 0.115 e. The highest BCUT2D eigenvalue weighted by molar-refractivity contribution is 5.40. The molecule has 1 heterocycles. The minimum absolute atomic E-state index is 0.416. The number of phenols is 1. The maximum Gasteiger partial charge on any atom is 0.115 e. The summed E-state index contributed by atoms with van der Waals surface area (Å²) in [6.07, 6.45) is 6.42. The highest BCUT2D eigenvalue weighted by Crippen LogP contribution is 2.39. The van der Waals surface area contributed by atoms with Crippen LogP contribution in [0.2, 0.25) is 0 Å². The largest absolute Gasteiger partial charge is 0.508 e. The molecule has 0 amide bonds. The Hall–Kier alpha value is -1.02. The van der Waals surface area contributed by atoms with Gasteiger partial charge in [0.15, 0.2) is 0 Å². The van der Waals surface area contributed by atoms with Gasteiger partial charge in [0.1, 0.15) is 5.75 Å². The van der Waals surface area contributed by atoms with Crippen molar-refractivity contribution in [2.45, 2.75) is 45.1 Å². The third kappa shape index (κ3) is 2.14. The number of hydrogen-bond acceptors (Lipinski definition) is 2. The molecule has 1 aliphatic carbocycles. The monoisotopic (exact) mass is 245 g/mol. The average Bonchev–Trinajstić information content (AvgIpc) is 2.81. The van der Waals surface area contributed by atoms with Gasteiger partial charge >= 0.3 is 0 Å². The highest BCUT2D eigenvalue weighted by atomic mass is 16.3. The zero-order valence-corrected chi connectivity index (χ0v) is 11.2. The fourth-order valence-corrected chi connectivity index (χ4v) is 3.63. The molecular formula is C16H23NO. The van der Waals surface area contributed by atoms with E-state index in [0.29, 0.717) is 11.8 Å². The number of nitrogens with zero attached hydrogens (tertiary/aromatic N) is 1. The second-order valence-corrected chi connectivity index (χ2v) is 5.83. The maximum absolute atomic E-state index is 9.55. The molecule has 3 rings (SSSR count). The molecule has 2 aliphatic rings. The summed E-state index contributed by atoms with van der Waals surface area (Å²) in [5.41, 5.74) is 2.82. The fourth-order valence-electron chi connectivity index (χ4n) is 3.63. The normalized spacial score (nSPS) is 25.3. The zero-order chi connectivity index (χ0) is 12.5. The molecule has 0 spiro atoms. The van der Waals surface area contributed by atoms with Crippen molar-refractivity contribution in [1.82, 2.24) is 4.90 Å². The molecule has 1 aliphatic heterocycles. The molecule has 1 aromatic carbocycles. The van der Waals surface area contributed by atoms with Crippen LogP contribution in [0, 0.1) is 5.92 Å². The van der Waals surface area contributed by atoms with Gasteiger partial charge in [-0.25, -0.2) is 0 Å². The van der Waals surface area contributed by atoms with E-state index in [-0.39, 0.29) is 0 Å². The minimum Gasteiger partial charge on any atom is -0.508 e. The Labute approximate surface area is 110 Å². The summed E-state index contributed by atoms with van der Waals surface area (Å²) in [5, 5.41) is 9.55. The van der Waals surface area contributed by atoms with Crippen LogP contribution in [0.15, 0.2) is 18.2 Å². The van der Waals surface area contributed by atoms with E-state index >= 15 is 0 Å². The van der Waals surface area contributed by atoms with Gasteiger partial charge in [-0.1, -0.05) is 19.4 Å². The standard InChI is InChI=1S/C16H23NO/c1-2-12-7-9-17(10-8-12)16-6-3-13-11-14(18)4-5-15(13)16/h4-5,11-12,16,18H,2-3,6-10H2,1H3. The van der Waals surface area contributed by atoms with E-state index in [1.165, 1.54) is 49.9 Å². The molecular weight excluding hydrogens is 222 g/mol. The lowest BCUT2D eigenvalue weighted by molar-refractivity contribution is 0.130. The van der Waals surface area contributed by atoms with Crippen LogP contribution in [0.4, 0.5) is 0 Å². The lowest BCUT2D eigenvalue weighted by Crippen LogP contribution is -2.35. The van der Waals surface area contributed by atoms with Crippen molar-refractivity contribution in [1.29, 1.82) is 0 Å². The molecule has 0 radical (unpaired) electrons. The van der Waals surface area contributed by atoms with E-state index in [2.05, 4.69) is 17.9 Å². The number of likely N-dealkylation sites (tertiary alicyclic amines) is 1. The topological polar surface area (TPSA) is 23.5 Å². The first-order chi connectivity index (χ1) is 8.78. The van der Waals surface area contributed by atoms with Gasteiger partial charge in [0.05, 0.1) is 0 Å². The summed E-state index contributed by atoms with van der Waals surface area (Å²) in [6, 6.07) is 6.54. The van der Waals surface area contributed by atoms with Crippen LogP contribution in [0.5, 0.6) is 5.75 Å². The van der Waals surface area contributed by atoms with Crippen molar-refractivity contribution < 1.29 is 5.11 Å². The number of benzene rings is 1. The Morgan fingerprint density at radius 2 is 2.00 bits per heavy atom. The average molecular weight is 245 g/mol. The summed E-state index contributed by atoms with van der Waals surface area (Å²) in [7, 11) is 0. The van der Waals surface area contributed by atoms with E-state index in [1.807, 2.05) is 12.1 Å². The van der Waals surface area contributed by atoms with E-state index in [0.717, 1.165) is 12.3 Å². The summed E-state index contributed by atoms with van der Waals surface area (Å²) in [6.45, 7) is 4.82. The Balaban J connectivity index is 1.73. The number of piperidine rings is 1. The highest BCUT2D eigenvalue weighted by Gasteiger charge is 2.30. The summed E-state index contributed by atoms with van der Waals surface area (Å²) < 4.78 is 0. The number of rotatable bonds is 2. The lowest BCUT2D eigenvalue weighted by Gasteiger charge is -2.36. The van der Waals surface area contributed by atoms with E-state index < -0.39 is 0 Å². The summed E-state index contributed by atoms with van der Waals surface area (Å²) in [5.74, 6) is 1.36. The minimum atomic E-state index is 0.416. The molecule has 1 saturated heterocycles. The number of fused-ring (bicyclic) bond motifs is 1. The quantitative estimate of drug-likeness (QED) is 0.862. The first-order valence-electron chi connectivity index (χ1n) is 7.33. The molecule has 0 bridgehead atoms. The van der Waals surface area contributed by atoms with Crippen molar-refractivity contribution in [2.75, 3.05) is 13.1 Å². The number of aryl methyl sites for hydroxylation is 1. The molecule has 2 nitrogen and oxygen atoms in total. The molecule has 0 saturated carbocycles. The van der Waals surface area contributed by atoms with Gasteiger partial charge in [-0.05, 0) is 68.0 Å². The van der Waals surface area contributed by atoms with Crippen LogP contribution in [-0.2, 0) is 6.42 Å². The molecule has 1 fully saturated rings. The second-order valence-electron chi connectivity index (χ2n) is 5.83. The lowest BCUT2D eigenvalue weighted by atomic mass is 9.92. The van der Waals surface area contributed by atoms with Crippen LogP contribution in [-0.4, -0.2) is 23.1 Å². The predicted octanol–water partition coefficient (Wildman–Crippen LogP) is 3.50. The fraction of sp³-hybridized carbons (Fsp3) is 0.625. The first kappa shape index (κ1) is 12.0. The molecule has 1 unspecified atom stereocenters. The van der Waals surface area contributed by atoms with Crippen LogP contribution in [0.3, 0.4) is 0 Å². The zero-order valence-electron chi connectivity index (χ0n) is 11.2. The number of hydrogen-bond donors (Lipinski definition) is 1. The van der Waals surface area contributed by atoms with Gasteiger partial charge in [0.25, 0.3) is 0 Å². The van der Waals surface area contributed by atoms with Gasteiger partial charge in [0, 0.05) is 6.04 Å². The second kappa shape index (κ2) is 4.93. The maximum atomic E-state index is 9.55. The number of aromatic hydroxyl groups is 1. The van der Waals surface area contributed by atoms with Crippen molar-refractivity contribution in [3.8, 4) is 5.75 Å². The Morgan fingerprint density at radius 1 is 1.22 bits per heavy atom. The van der Waals surface area contributed by atoms with Crippen LogP contribution in [0.1, 0.15) is 49.8 Å². The molecule has 18 heavy (non-hydrogen) atoms. The van der Waals surface area contributed by atoms with Gasteiger partial charge in [-0.3, -0.25) is 4.90 Å². The molecule has 1 aromatic rings. The van der Waals surface area contributed by atoms with E-state index in [4.69, 9.17) is 0 Å². The molecule has 1 N–H and O–H groups in total. The SMILES string of the molecule is CCC1CCN(C2CCc3cc(O)ccc32)CC1. The third-order valence-corrected chi connectivity index (χ3v) is 4.84. The Morgan fingerprint density at radius 3 is 2.72 bits per heavy atom. The van der Waals surface area contributed by atoms with Crippen LogP contribution in [0.25, 0.3) is 0 Å². The third-order valence-electron chi connectivity index (χ3n) is 4.84. The molecule has 1 atom stereocenters. The summed E-state index contributed by atoms with van der Waals surface area (Å²) in [4.78, 5) is 2.66. The molecule has 2 heteroatoms. The van der Waals surface area contributed by atoms with Gasteiger partial charge < -0.3 is 5.11 Å². The van der Waals surface area contributed by atoms with Gasteiger partial charge in [0.2, 0.25) is 0 Å². The van der Waals surface area contributed by atoms with Crippen molar-refractivity contribution in [2.24, 2.45) is 5.92 Å². The van der Waals surface area contributed by atoms with Crippen molar-refractivity contribution in [3.05, 3.63) is 29.3 Å². The predicted molar refractivity (Wildman–Crippen MR) is 73.8 cm³/mol. The van der Waals surface area contributed by atoms with E-state index in [1.54, 1.807) is 0 Å². The Bertz CT molecular complexity index is 421. The molecule has 0 aromatic heterocycles. The Kier molecular flexibility index (Phi) is 3.29. The van der Waals surface area contributed by atoms with E-state index in [9.17, 15) is 5.11 Å². The van der Waals surface area contributed by atoms with Crippen molar-refractivity contribution >= 4 is 0 Å².